The minimum absolute atomic E-state index is 0.107. The van der Waals surface area contributed by atoms with Gasteiger partial charge in [0, 0.05) is 32.0 Å². The number of aliphatic hydroxyl groups excluding tert-OH is 1. The van der Waals surface area contributed by atoms with Crippen LogP contribution in [0.2, 0.25) is 0 Å². The second kappa shape index (κ2) is 15.9. The molecule has 11 nitrogen and oxygen atoms in total. The molecule has 3 aliphatic heterocycles. The molecule has 38 heavy (non-hydrogen) atoms. The maximum absolute atomic E-state index is 13.7. The third-order valence-corrected chi connectivity index (χ3v) is 6.36. The number of allylic oxidation sites excluding steroid dienone is 1. The minimum Gasteiger partial charge on any atom is -0.459 e. The van der Waals surface area contributed by atoms with E-state index in [1.807, 2.05) is 24.3 Å². The van der Waals surface area contributed by atoms with Crippen LogP contribution in [0, 0.1) is 0 Å². The van der Waals surface area contributed by atoms with Gasteiger partial charge in [0.25, 0.3) is 5.91 Å². The minimum atomic E-state index is -0.599. The lowest BCUT2D eigenvalue weighted by Gasteiger charge is -2.32. The summed E-state index contributed by atoms with van der Waals surface area (Å²) in [5.74, 6) is 1.25. The zero-order chi connectivity index (χ0) is 26.4. The molecule has 11 heteroatoms. The van der Waals surface area contributed by atoms with Gasteiger partial charge in [0.05, 0.1) is 59.5 Å². The summed E-state index contributed by atoms with van der Waals surface area (Å²) in [6.45, 7) is 5.06. The van der Waals surface area contributed by atoms with E-state index in [1.54, 1.807) is 4.90 Å². The number of hydrogen-bond donors (Lipinski definition) is 1. The van der Waals surface area contributed by atoms with Crippen molar-refractivity contribution in [2.45, 2.75) is 31.5 Å². The highest BCUT2D eigenvalue weighted by atomic mass is 16.7. The van der Waals surface area contributed by atoms with Crippen LogP contribution >= 0.6 is 0 Å². The van der Waals surface area contributed by atoms with Crippen molar-refractivity contribution in [2.24, 2.45) is 0 Å². The Morgan fingerprint density at radius 1 is 0.895 bits per heavy atom. The summed E-state index contributed by atoms with van der Waals surface area (Å²) in [7, 11) is 0. The van der Waals surface area contributed by atoms with Crippen molar-refractivity contribution in [1.29, 1.82) is 0 Å². The van der Waals surface area contributed by atoms with Crippen LogP contribution in [0.4, 0.5) is 0 Å². The molecule has 0 aromatic heterocycles. The van der Waals surface area contributed by atoms with E-state index in [2.05, 4.69) is 0 Å². The van der Waals surface area contributed by atoms with E-state index in [-0.39, 0.29) is 31.0 Å². The topological polar surface area (TPSA) is 114 Å². The summed E-state index contributed by atoms with van der Waals surface area (Å²) in [6, 6.07) is 5.79. The standard InChI is InChI=1S/C27H39NO10/c29-7-1-2-8-35-26-19-22(21-3-4-23-24(17-21)37-20-36-23)18-25(38-26)27(30)28-5-9-31-11-13-33-15-16-34-14-12-32-10-6-28/h3-4,17-18,22,26,29H,1-2,5-16,19-20H2/t22-,26+/m1/s1. The number of amides is 1. The molecule has 0 unspecified atom stereocenters. The lowest BCUT2D eigenvalue weighted by atomic mass is 9.92. The largest absolute Gasteiger partial charge is 0.459 e. The van der Waals surface area contributed by atoms with Crippen molar-refractivity contribution >= 4 is 5.91 Å². The Balaban J connectivity index is 1.46. The van der Waals surface area contributed by atoms with Crippen LogP contribution in [0.15, 0.2) is 30.0 Å². The highest BCUT2D eigenvalue weighted by molar-refractivity contribution is 5.91. The first-order valence-corrected chi connectivity index (χ1v) is 13.4. The lowest BCUT2D eigenvalue weighted by molar-refractivity contribution is -0.153. The van der Waals surface area contributed by atoms with Crippen molar-refractivity contribution in [2.75, 3.05) is 86.0 Å². The highest BCUT2D eigenvalue weighted by Crippen LogP contribution is 2.38. The molecule has 2 atom stereocenters. The molecule has 1 fully saturated rings. The molecule has 1 aromatic carbocycles. The van der Waals surface area contributed by atoms with Crippen LogP contribution < -0.4 is 9.47 Å². The van der Waals surface area contributed by atoms with Crippen molar-refractivity contribution in [3.05, 3.63) is 35.6 Å². The number of hydrogen-bond acceptors (Lipinski definition) is 10. The van der Waals surface area contributed by atoms with Gasteiger partial charge in [0.1, 0.15) is 0 Å². The third-order valence-electron chi connectivity index (χ3n) is 6.36. The molecule has 0 radical (unpaired) electrons. The molecule has 212 valence electrons. The van der Waals surface area contributed by atoms with Gasteiger partial charge in [-0.2, -0.15) is 0 Å². The lowest BCUT2D eigenvalue weighted by Crippen LogP contribution is -2.40. The predicted molar refractivity (Wildman–Crippen MR) is 135 cm³/mol. The summed E-state index contributed by atoms with van der Waals surface area (Å²) in [4.78, 5) is 15.4. The van der Waals surface area contributed by atoms with Crippen LogP contribution in [-0.4, -0.2) is 108 Å². The highest BCUT2D eigenvalue weighted by Gasteiger charge is 2.31. The van der Waals surface area contributed by atoms with Gasteiger partial charge in [-0.15, -0.1) is 0 Å². The molecule has 1 N–H and O–H groups in total. The Hall–Kier alpha value is -2.41. The van der Waals surface area contributed by atoms with Crippen LogP contribution in [0.3, 0.4) is 0 Å². The van der Waals surface area contributed by atoms with E-state index in [0.717, 1.165) is 5.56 Å². The number of fused-ring (bicyclic) bond motifs is 1. The number of carbonyl (C=O) groups is 1. The average molecular weight is 538 g/mol. The second-order valence-electron chi connectivity index (χ2n) is 9.08. The zero-order valence-corrected chi connectivity index (χ0v) is 21.8. The first-order chi connectivity index (χ1) is 18.7. The van der Waals surface area contributed by atoms with Gasteiger partial charge in [-0.25, -0.2) is 0 Å². The van der Waals surface area contributed by atoms with Crippen LogP contribution in [0.5, 0.6) is 11.5 Å². The van der Waals surface area contributed by atoms with E-state index in [9.17, 15) is 4.79 Å². The van der Waals surface area contributed by atoms with E-state index in [4.69, 9.17) is 43.0 Å². The predicted octanol–water partition coefficient (Wildman–Crippen LogP) is 1.83. The molecule has 4 rings (SSSR count). The molecule has 1 amide bonds. The number of carbonyl (C=O) groups excluding carboxylic acids is 1. The molecule has 0 bridgehead atoms. The molecule has 0 spiro atoms. The van der Waals surface area contributed by atoms with E-state index < -0.39 is 6.29 Å². The van der Waals surface area contributed by atoms with Crippen LogP contribution in [0.25, 0.3) is 0 Å². The molecule has 3 aliphatic rings. The summed E-state index contributed by atoms with van der Waals surface area (Å²) < 4.78 is 45.3. The Morgan fingerprint density at radius 2 is 1.55 bits per heavy atom. The normalized spacial score (nSPS) is 23.6. The summed E-state index contributed by atoms with van der Waals surface area (Å²) in [5, 5.41) is 9.08. The van der Waals surface area contributed by atoms with Gasteiger partial charge in [0.2, 0.25) is 13.1 Å². The van der Waals surface area contributed by atoms with Crippen LogP contribution in [0.1, 0.15) is 30.7 Å². The van der Waals surface area contributed by atoms with Gasteiger partial charge >= 0.3 is 0 Å². The van der Waals surface area contributed by atoms with E-state index >= 15 is 0 Å². The molecule has 3 heterocycles. The number of rotatable bonds is 7. The number of benzene rings is 1. The maximum atomic E-state index is 13.7. The van der Waals surface area contributed by atoms with E-state index in [1.165, 1.54) is 0 Å². The zero-order valence-electron chi connectivity index (χ0n) is 21.8. The Labute approximate surface area is 223 Å². The quantitative estimate of drug-likeness (QED) is 0.517. The molecular formula is C27H39NO10. The number of unbranched alkanes of at least 4 members (excludes halogenated alkanes) is 1. The van der Waals surface area contributed by atoms with Gasteiger partial charge in [-0.05, 0) is 36.6 Å². The van der Waals surface area contributed by atoms with E-state index in [0.29, 0.717) is 103 Å². The van der Waals surface area contributed by atoms with Crippen molar-refractivity contribution in [1.82, 2.24) is 4.90 Å². The fourth-order valence-corrected chi connectivity index (χ4v) is 4.30. The van der Waals surface area contributed by atoms with Gasteiger partial charge in [-0.3, -0.25) is 4.79 Å². The molecule has 1 aromatic rings. The van der Waals surface area contributed by atoms with Crippen molar-refractivity contribution in [3.63, 3.8) is 0 Å². The third kappa shape index (κ3) is 8.82. The number of nitrogens with zero attached hydrogens (tertiary/aromatic N) is 1. The first-order valence-electron chi connectivity index (χ1n) is 13.4. The molecular weight excluding hydrogens is 498 g/mol. The van der Waals surface area contributed by atoms with Crippen molar-refractivity contribution in [3.8, 4) is 11.5 Å². The first kappa shape index (κ1) is 28.6. The smallest absolute Gasteiger partial charge is 0.288 e. The summed E-state index contributed by atoms with van der Waals surface area (Å²) in [6.07, 6.45) is 3.14. The number of ether oxygens (including phenoxy) is 8. The fraction of sp³-hybridized carbons (Fsp3) is 0.667. The Kier molecular flexibility index (Phi) is 11.9. The Morgan fingerprint density at radius 3 is 2.24 bits per heavy atom. The van der Waals surface area contributed by atoms with Gasteiger partial charge in [-0.1, -0.05) is 6.07 Å². The fourth-order valence-electron chi connectivity index (χ4n) is 4.30. The summed E-state index contributed by atoms with van der Waals surface area (Å²) >= 11 is 0. The van der Waals surface area contributed by atoms with Crippen LogP contribution in [-0.2, 0) is 33.2 Å². The molecule has 0 aliphatic carbocycles. The van der Waals surface area contributed by atoms with Gasteiger partial charge in [0.15, 0.2) is 17.3 Å². The molecule has 1 saturated heterocycles. The van der Waals surface area contributed by atoms with Gasteiger partial charge < -0.3 is 47.9 Å². The molecule has 0 saturated carbocycles. The maximum Gasteiger partial charge on any atom is 0.288 e. The monoisotopic (exact) mass is 537 g/mol. The number of aliphatic hydroxyl groups is 1. The summed E-state index contributed by atoms with van der Waals surface area (Å²) in [5.41, 5.74) is 0.982. The average Bonchev–Trinajstić information content (AvgIpc) is 3.41. The second-order valence-corrected chi connectivity index (χ2v) is 9.08. The Bertz CT molecular complexity index is 879. The SMILES string of the molecule is O=C(C1=C[C@@H](c2ccc3c(c2)OCO3)C[C@@H](OCCCCO)O1)N1CCOCCOCCOCCOCC1. The van der Waals surface area contributed by atoms with Crippen molar-refractivity contribution < 1.29 is 47.8 Å².